The third-order valence-corrected chi connectivity index (χ3v) is 13.0. The van der Waals surface area contributed by atoms with E-state index in [2.05, 4.69) is 27.7 Å². The van der Waals surface area contributed by atoms with Gasteiger partial charge in [-0.3, -0.25) is 14.4 Å². The van der Waals surface area contributed by atoms with E-state index in [-0.39, 0.29) is 31.1 Å². The molecule has 0 radical (unpaired) electrons. The zero-order chi connectivity index (χ0) is 45.9. The molecular weight excluding hydrogens is 781 g/mol. The Hall–Kier alpha value is -1.59. The molecule has 0 fully saturated rings. The SMILES string of the molecule is CCCCCCCCCCCCCCCCCCCCCC(=O)OC[C@@H](COC(=O)CCCCCCCCCC(C)C)OC(=O)CCCCCCCCCCCCCCCCCC. The molecule has 63 heavy (non-hydrogen) atoms. The van der Waals surface area contributed by atoms with Crippen LogP contribution in [0.4, 0.5) is 0 Å². The van der Waals surface area contributed by atoms with E-state index < -0.39 is 6.10 Å². The number of unbranched alkanes of at least 4 members (excludes halogenated alkanes) is 39. The van der Waals surface area contributed by atoms with E-state index in [1.54, 1.807) is 0 Å². The van der Waals surface area contributed by atoms with Crippen molar-refractivity contribution in [2.75, 3.05) is 13.2 Å². The summed E-state index contributed by atoms with van der Waals surface area (Å²) in [6.45, 7) is 9.00. The maximum atomic E-state index is 12.8. The minimum absolute atomic E-state index is 0.0628. The molecule has 0 saturated heterocycles. The van der Waals surface area contributed by atoms with Crippen LogP contribution in [0.3, 0.4) is 0 Å². The molecule has 6 heteroatoms. The fourth-order valence-corrected chi connectivity index (χ4v) is 8.75. The zero-order valence-electron chi connectivity index (χ0n) is 43.0. The van der Waals surface area contributed by atoms with Crippen molar-refractivity contribution in [3.63, 3.8) is 0 Å². The monoisotopic (exact) mass is 891 g/mol. The Balaban J connectivity index is 4.23. The molecule has 0 aromatic rings. The van der Waals surface area contributed by atoms with Crippen LogP contribution in [0, 0.1) is 5.92 Å². The summed E-state index contributed by atoms with van der Waals surface area (Å²) in [6.07, 6.45) is 55.3. The number of ether oxygens (including phenoxy) is 3. The van der Waals surface area contributed by atoms with Crippen molar-refractivity contribution in [3.8, 4) is 0 Å². The average molecular weight is 892 g/mol. The van der Waals surface area contributed by atoms with E-state index in [0.29, 0.717) is 19.3 Å². The van der Waals surface area contributed by atoms with E-state index in [4.69, 9.17) is 14.2 Å². The normalized spacial score (nSPS) is 12.0. The summed E-state index contributed by atoms with van der Waals surface area (Å²) in [7, 11) is 0. The molecule has 0 heterocycles. The van der Waals surface area contributed by atoms with E-state index in [1.165, 1.54) is 218 Å². The topological polar surface area (TPSA) is 78.9 Å². The predicted octanol–water partition coefficient (Wildman–Crippen LogP) is 18.6. The Morgan fingerprint density at radius 1 is 0.302 bits per heavy atom. The van der Waals surface area contributed by atoms with Gasteiger partial charge in [0.2, 0.25) is 0 Å². The van der Waals surface area contributed by atoms with Gasteiger partial charge in [-0.2, -0.15) is 0 Å². The first-order valence-electron chi connectivity index (χ1n) is 28.4. The Bertz CT molecular complexity index is 949. The average Bonchev–Trinajstić information content (AvgIpc) is 3.27. The molecule has 374 valence electrons. The minimum atomic E-state index is -0.762. The molecule has 1 atom stereocenters. The van der Waals surface area contributed by atoms with Crippen molar-refractivity contribution in [1.82, 2.24) is 0 Å². The largest absolute Gasteiger partial charge is 0.462 e. The summed E-state index contributed by atoms with van der Waals surface area (Å²) >= 11 is 0. The highest BCUT2D eigenvalue weighted by molar-refractivity contribution is 5.71. The van der Waals surface area contributed by atoms with Gasteiger partial charge in [0.05, 0.1) is 0 Å². The summed E-state index contributed by atoms with van der Waals surface area (Å²) in [5, 5.41) is 0. The Kier molecular flexibility index (Phi) is 50.1. The van der Waals surface area contributed by atoms with Gasteiger partial charge >= 0.3 is 17.9 Å². The quantitative estimate of drug-likeness (QED) is 0.0344. The number of carbonyl (C=O) groups is 3. The first-order valence-corrected chi connectivity index (χ1v) is 28.4. The summed E-state index contributed by atoms with van der Waals surface area (Å²) in [4.78, 5) is 38.0. The van der Waals surface area contributed by atoms with Gasteiger partial charge in [-0.05, 0) is 25.2 Å². The van der Waals surface area contributed by atoms with Gasteiger partial charge in [-0.15, -0.1) is 0 Å². The molecule has 6 nitrogen and oxygen atoms in total. The molecule has 0 saturated carbocycles. The van der Waals surface area contributed by atoms with Crippen LogP contribution in [-0.4, -0.2) is 37.2 Å². The van der Waals surface area contributed by atoms with Gasteiger partial charge in [-0.1, -0.05) is 285 Å². The Morgan fingerprint density at radius 2 is 0.524 bits per heavy atom. The second kappa shape index (κ2) is 51.4. The van der Waals surface area contributed by atoms with Crippen LogP contribution >= 0.6 is 0 Å². The molecular formula is C57H110O6. The van der Waals surface area contributed by atoms with Crippen LogP contribution in [0.25, 0.3) is 0 Å². The minimum Gasteiger partial charge on any atom is -0.462 e. The van der Waals surface area contributed by atoms with Crippen LogP contribution < -0.4 is 0 Å². The van der Waals surface area contributed by atoms with E-state index in [0.717, 1.165) is 63.7 Å². The Labute approximate surface area is 393 Å². The first-order chi connectivity index (χ1) is 30.9. The summed E-state index contributed by atoms with van der Waals surface area (Å²) in [5.74, 6) is -0.0599. The van der Waals surface area contributed by atoms with Crippen LogP contribution in [0.15, 0.2) is 0 Å². The van der Waals surface area contributed by atoms with Gasteiger partial charge in [-0.25, -0.2) is 0 Å². The third-order valence-electron chi connectivity index (χ3n) is 13.0. The van der Waals surface area contributed by atoms with Crippen LogP contribution in [-0.2, 0) is 28.6 Å². The molecule has 0 unspecified atom stereocenters. The molecule has 0 aliphatic carbocycles. The van der Waals surface area contributed by atoms with E-state index in [1.807, 2.05) is 0 Å². The van der Waals surface area contributed by atoms with Crippen LogP contribution in [0.1, 0.15) is 323 Å². The van der Waals surface area contributed by atoms with E-state index in [9.17, 15) is 14.4 Å². The highest BCUT2D eigenvalue weighted by Crippen LogP contribution is 2.18. The molecule has 0 aliphatic rings. The molecule has 0 aromatic heterocycles. The van der Waals surface area contributed by atoms with Crippen LogP contribution in [0.5, 0.6) is 0 Å². The molecule has 0 spiro atoms. The number of hydrogen-bond acceptors (Lipinski definition) is 6. The van der Waals surface area contributed by atoms with Gasteiger partial charge in [0, 0.05) is 19.3 Å². The number of hydrogen-bond donors (Lipinski definition) is 0. The number of esters is 3. The smallest absolute Gasteiger partial charge is 0.306 e. The summed E-state index contributed by atoms with van der Waals surface area (Å²) in [5.41, 5.74) is 0. The first kappa shape index (κ1) is 61.4. The zero-order valence-corrected chi connectivity index (χ0v) is 43.0. The van der Waals surface area contributed by atoms with Gasteiger partial charge in [0.1, 0.15) is 13.2 Å². The van der Waals surface area contributed by atoms with Crippen molar-refractivity contribution in [2.45, 2.75) is 329 Å². The molecule has 0 bridgehead atoms. The molecule has 0 amide bonds. The number of rotatable bonds is 52. The van der Waals surface area contributed by atoms with E-state index >= 15 is 0 Å². The second-order valence-corrected chi connectivity index (χ2v) is 20.1. The fraction of sp³-hybridized carbons (Fsp3) is 0.947. The maximum absolute atomic E-state index is 12.8. The lowest BCUT2D eigenvalue weighted by Crippen LogP contribution is -2.30. The lowest BCUT2D eigenvalue weighted by atomic mass is 10.0. The summed E-state index contributed by atoms with van der Waals surface area (Å²) in [6, 6.07) is 0. The lowest BCUT2D eigenvalue weighted by molar-refractivity contribution is -0.167. The van der Waals surface area contributed by atoms with Gasteiger partial charge in [0.15, 0.2) is 6.10 Å². The van der Waals surface area contributed by atoms with Crippen molar-refractivity contribution in [1.29, 1.82) is 0 Å². The molecule has 0 aliphatic heterocycles. The predicted molar refractivity (Wildman–Crippen MR) is 270 cm³/mol. The van der Waals surface area contributed by atoms with Gasteiger partial charge < -0.3 is 14.2 Å². The highest BCUT2D eigenvalue weighted by Gasteiger charge is 2.19. The van der Waals surface area contributed by atoms with Crippen LogP contribution in [0.2, 0.25) is 0 Å². The lowest BCUT2D eigenvalue weighted by Gasteiger charge is -2.18. The molecule has 0 N–H and O–H groups in total. The Morgan fingerprint density at radius 3 is 0.778 bits per heavy atom. The van der Waals surface area contributed by atoms with Crippen molar-refractivity contribution >= 4 is 17.9 Å². The molecule has 0 aromatic carbocycles. The second-order valence-electron chi connectivity index (χ2n) is 20.1. The maximum Gasteiger partial charge on any atom is 0.306 e. The fourth-order valence-electron chi connectivity index (χ4n) is 8.75. The standard InChI is InChI=1S/C57H110O6/c1-5-7-9-11-13-15-17-19-21-23-24-25-27-28-30-32-36-40-44-48-55(58)61-51-54(52-62-56(59)49-45-41-38-34-35-39-43-47-53(3)4)63-57(60)50-46-42-37-33-31-29-26-22-20-18-16-14-12-10-8-6-2/h53-54H,5-52H2,1-4H3/t54-/m0/s1. The van der Waals surface area contributed by atoms with Crippen molar-refractivity contribution in [3.05, 3.63) is 0 Å². The summed E-state index contributed by atoms with van der Waals surface area (Å²) < 4.78 is 16.8. The third kappa shape index (κ3) is 51.3. The van der Waals surface area contributed by atoms with Crippen molar-refractivity contribution in [2.24, 2.45) is 5.92 Å². The highest BCUT2D eigenvalue weighted by atomic mass is 16.6. The van der Waals surface area contributed by atoms with Gasteiger partial charge in [0.25, 0.3) is 0 Å². The molecule has 0 rings (SSSR count). The van der Waals surface area contributed by atoms with Crippen molar-refractivity contribution < 1.29 is 28.6 Å². The number of carbonyl (C=O) groups excluding carboxylic acids is 3.